The van der Waals surface area contributed by atoms with Crippen molar-refractivity contribution in [3.8, 4) is 5.88 Å². The number of ketones is 1. The topological polar surface area (TPSA) is 81.2 Å². The third-order valence-electron chi connectivity index (χ3n) is 3.71. The number of amides is 1. The Balaban J connectivity index is 1.96. The summed E-state index contributed by atoms with van der Waals surface area (Å²) in [6.07, 6.45) is -1.56. The van der Waals surface area contributed by atoms with Gasteiger partial charge in [-0.15, -0.1) is 0 Å². The molecule has 0 unspecified atom stereocenters. The fourth-order valence-electron chi connectivity index (χ4n) is 2.18. The molecule has 2 aromatic rings. The molecule has 0 aliphatic rings. The van der Waals surface area contributed by atoms with Gasteiger partial charge < -0.3 is 10.1 Å². The quantitative estimate of drug-likeness (QED) is 0.743. The van der Waals surface area contributed by atoms with E-state index in [0.29, 0.717) is 16.8 Å². The molecule has 2 rings (SSSR count). The van der Waals surface area contributed by atoms with Crippen LogP contribution in [0.5, 0.6) is 5.88 Å². The molecule has 0 radical (unpaired) electrons. The van der Waals surface area contributed by atoms with Gasteiger partial charge in [-0.2, -0.15) is 13.2 Å². The molecule has 2 heterocycles. The van der Waals surface area contributed by atoms with Crippen LogP contribution in [0.3, 0.4) is 0 Å². The maximum atomic E-state index is 12.3. The first-order valence-electron chi connectivity index (χ1n) is 8.54. The van der Waals surface area contributed by atoms with Crippen LogP contribution in [0, 0.1) is 5.92 Å². The van der Waals surface area contributed by atoms with Gasteiger partial charge >= 0.3 is 6.18 Å². The van der Waals surface area contributed by atoms with Gasteiger partial charge in [-0.1, -0.05) is 13.8 Å². The van der Waals surface area contributed by atoms with E-state index in [-0.39, 0.29) is 30.5 Å². The lowest BCUT2D eigenvalue weighted by molar-refractivity contribution is -0.154. The Kier molecular flexibility index (Phi) is 7.08. The number of nitrogens with zero attached hydrogens (tertiary/aromatic N) is 2. The highest BCUT2D eigenvalue weighted by Crippen LogP contribution is 2.17. The number of aromatic nitrogens is 2. The number of rotatable bonds is 8. The van der Waals surface area contributed by atoms with Crippen LogP contribution in [-0.2, 0) is 17.8 Å². The summed E-state index contributed by atoms with van der Waals surface area (Å²) in [4.78, 5) is 31.9. The average molecular weight is 395 g/mol. The fourth-order valence-corrected chi connectivity index (χ4v) is 2.18. The van der Waals surface area contributed by atoms with Crippen molar-refractivity contribution in [1.29, 1.82) is 0 Å². The van der Waals surface area contributed by atoms with Crippen molar-refractivity contribution < 1.29 is 27.5 Å². The summed E-state index contributed by atoms with van der Waals surface area (Å²) >= 11 is 0. The lowest BCUT2D eigenvalue weighted by atomic mass is 10.0. The molecule has 0 spiro atoms. The highest BCUT2D eigenvalue weighted by molar-refractivity contribution is 5.94. The van der Waals surface area contributed by atoms with Crippen molar-refractivity contribution in [1.82, 2.24) is 15.3 Å². The average Bonchev–Trinajstić information content (AvgIpc) is 2.64. The van der Waals surface area contributed by atoms with E-state index in [2.05, 4.69) is 20.0 Å². The van der Waals surface area contributed by atoms with E-state index >= 15 is 0 Å². The summed E-state index contributed by atoms with van der Waals surface area (Å²) < 4.78 is 41.2. The Morgan fingerprint density at radius 1 is 1.14 bits per heavy atom. The van der Waals surface area contributed by atoms with Crippen LogP contribution < -0.4 is 10.1 Å². The van der Waals surface area contributed by atoms with Crippen LogP contribution in [0.2, 0.25) is 0 Å². The van der Waals surface area contributed by atoms with Crippen molar-refractivity contribution in [2.75, 3.05) is 6.61 Å². The van der Waals surface area contributed by atoms with Crippen molar-refractivity contribution in [2.45, 2.75) is 33.0 Å². The van der Waals surface area contributed by atoms with Crippen molar-refractivity contribution in [3.05, 3.63) is 53.5 Å². The van der Waals surface area contributed by atoms with Gasteiger partial charge in [-0.3, -0.25) is 14.6 Å². The number of pyridine rings is 2. The van der Waals surface area contributed by atoms with Crippen molar-refractivity contribution in [3.63, 3.8) is 0 Å². The number of carbonyl (C=O) groups is 2. The number of ether oxygens (including phenoxy) is 1. The minimum Gasteiger partial charge on any atom is -0.468 e. The number of hydrogen-bond donors (Lipinski definition) is 1. The molecule has 0 atom stereocenters. The first kappa shape index (κ1) is 21.3. The third kappa shape index (κ3) is 6.98. The SMILES string of the molecule is CC(C)C(=O)Cc1cc(C(=O)NCc2ccnc(OCC(F)(F)F)c2)ccn1. The normalized spacial score (nSPS) is 11.4. The Morgan fingerprint density at radius 2 is 1.86 bits per heavy atom. The van der Waals surface area contributed by atoms with E-state index < -0.39 is 18.7 Å². The van der Waals surface area contributed by atoms with Gasteiger partial charge in [0, 0.05) is 48.6 Å². The molecule has 150 valence electrons. The Bertz CT molecular complexity index is 838. The molecule has 0 fully saturated rings. The zero-order valence-corrected chi connectivity index (χ0v) is 15.4. The van der Waals surface area contributed by atoms with E-state index in [4.69, 9.17) is 0 Å². The molecule has 0 aliphatic carbocycles. The molecule has 1 N–H and O–H groups in total. The second-order valence-corrected chi connectivity index (χ2v) is 6.42. The van der Waals surface area contributed by atoms with Crippen LogP contribution in [0.15, 0.2) is 36.7 Å². The predicted molar refractivity (Wildman–Crippen MR) is 94.7 cm³/mol. The molecule has 0 aliphatic heterocycles. The maximum Gasteiger partial charge on any atom is 0.422 e. The zero-order chi connectivity index (χ0) is 20.7. The van der Waals surface area contributed by atoms with Gasteiger partial charge in [0.2, 0.25) is 5.88 Å². The Morgan fingerprint density at radius 3 is 2.54 bits per heavy atom. The summed E-state index contributed by atoms with van der Waals surface area (Å²) in [5.41, 5.74) is 1.37. The van der Waals surface area contributed by atoms with Gasteiger partial charge in [0.25, 0.3) is 5.91 Å². The van der Waals surface area contributed by atoms with Gasteiger partial charge in [0.15, 0.2) is 6.61 Å². The summed E-state index contributed by atoms with van der Waals surface area (Å²) in [6, 6.07) is 5.94. The van der Waals surface area contributed by atoms with Crippen LogP contribution in [-0.4, -0.2) is 34.4 Å². The number of Topliss-reactive ketones (excluding diaryl/α,β-unsaturated/α-hetero) is 1. The molecule has 2 aromatic heterocycles. The lowest BCUT2D eigenvalue weighted by Crippen LogP contribution is -2.23. The Labute approximate surface area is 160 Å². The van der Waals surface area contributed by atoms with Crippen molar-refractivity contribution >= 4 is 11.7 Å². The number of nitrogens with one attached hydrogen (secondary N) is 1. The summed E-state index contributed by atoms with van der Waals surface area (Å²) in [5, 5.41) is 2.66. The van der Waals surface area contributed by atoms with Crippen LogP contribution in [0.1, 0.15) is 35.5 Å². The lowest BCUT2D eigenvalue weighted by Gasteiger charge is -2.10. The number of alkyl halides is 3. The van der Waals surface area contributed by atoms with E-state index in [9.17, 15) is 22.8 Å². The third-order valence-corrected chi connectivity index (χ3v) is 3.71. The van der Waals surface area contributed by atoms with E-state index in [0.717, 1.165) is 0 Å². The second kappa shape index (κ2) is 9.29. The molecule has 0 saturated carbocycles. The minimum atomic E-state index is -4.46. The highest BCUT2D eigenvalue weighted by atomic mass is 19.4. The second-order valence-electron chi connectivity index (χ2n) is 6.42. The smallest absolute Gasteiger partial charge is 0.422 e. The molecule has 28 heavy (non-hydrogen) atoms. The van der Waals surface area contributed by atoms with Crippen LogP contribution in [0.4, 0.5) is 13.2 Å². The number of hydrogen-bond acceptors (Lipinski definition) is 5. The molecule has 1 amide bonds. The molecular formula is C19H20F3N3O3. The van der Waals surface area contributed by atoms with Gasteiger partial charge in [-0.05, 0) is 23.8 Å². The van der Waals surface area contributed by atoms with E-state index in [1.807, 2.05) is 0 Å². The van der Waals surface area contributed by atoms with E-state index in [1.54, 1.807) is 26.0 Å². The maximum absolute atomic E-state index is 12.3. The molecule has 6 nitrogen and oxygen atoms in total. The summed E-state index contributed by atoms with van der Waals surface area (Å²) in [7, 11) is 0. The largest absolute Gasteiger partial charge is 0.468 e. The van der Waals surface area contributed by atoms with Crippen molar-refractivity contribution in [2.24, 2.45) is 5.92 Å². The van der Waals surface area contributed by atoms with E-state index in [1.165, 1.54) is 24.5 Å². The summed E-state index contributed by atoms with van der Waals surface area (Å²) in [6.45, 7) is 2.22. The fraction of sp³-hybridized carbons (Fsp3) is 0.368. The molecule has 0 saturated heterocycles. The van der Waals surface area contributed by atoms with Gasteiger partial charge in [-0.25, -0.2) is 4.98 Å². The molecule has 0 aromatic carbocycles. The van der Waals surface area contributed by atoms with Crippen LogP contribution >= 0.6 is 0 Å². The molecule has 0 bridgehead atoms. The molecule has 9 heteroatoms. The first-order chi connectivity index (χ1) is 13.1. The van der Waals surface area contributed by atoms with Gasteiger partial charge in [0.05, 0.1) is 0 Å². The van der Waals surface area contributed by atoms with Gasteiger partial charge in [0.1, 0.15) is 5.78 Å². The zero-order valence-electron chi connectivity index (χ0n) is 15.4. The standard InChI is InChI=1S/C19H20F3N3O3/c1-12(2)16(26)9-15-8-14(4-6-23-15)18(27)25-10-13-3-5-24-17(7-13)28-11-19(20,21)22/h3-8,12H,9-11H2,1-2H3,(H,25,27). The molecular weight excluding hydrogens is 375 g/mol. The highest BCUT2D eigenvalue weighted by Gasteiger charge is 2.28. The first-order valence-corrected chi connectivity index (χ1v) is 8.54. The van der Waals surface area contributed by atoms with Crippen LogP contribution in [0.25, 0.3) is 0 Å². The number of halogens is 3. The Hall–Kier alpha value is -2.97. The minimum absolute atomic E-state index is 0.0215. The summed E-state index contributed by atoms with van der Waals surface area (Å²) in [5.74, 6) is -0.675. The predicted octanol–water partition coefficient (Wildman–Crippen LogP) is 3.12. The monoisotopic (exact) mass is 395 g/mol. The number of carbonyl (C=O) groups excluding carboxylic acids is 2.